The van der Waals surface area contributed by atoms with Crippen LogP contribution in [0.5, 0.6) is 0 Å². The van der Waals surface area contributed by atoms with Crippen LogP contribution in [-0.4, -0.2) is 53.4 Å². The molecule has 0 saturated heterocycles. The van der Waals surface area contributed by atoms with Crippen LogP contribution in [0.2, 0.25) is 0 Å². The lowest BCUT2D eigenvalue weighted by Crippen LogP contribution is -2.51. The molecule has 0 spiro atoms. The molecule has 0 aromatic heterocycles. The lowest BCUT2D eigenvalue weighted by molar-refractivity contribution is -0.312. The number of amides is 1. The second-order valence-corrected chi connectivity index (χ2v) is 7.25. The van der Waals surface area contributed by atoms with Gasteiger partial charge in [-0.3, -0.25) is 0 Å². The third-order valence-corrected chi connectivity index (χ3v) is 3.18. The van der Waals surface area contributed by atoms with Gasteiger partial charge in [-0.15, -0.1) is 0 Å². The number of hydrogen-bond donors (Lipinski definition) is 2. The first kappa shape index (κ1) is 26.0. The molecule has 0 heterocycles. The van der Waals surface area contributed by atoms with E-state index in [1.807, 2.05) is 0 Å². The summed E-state index contributed by atoms with van der Waals surface area (Å²) >= 11 is 0. The molecule has 0 fully saturated rings. The highest BCUT2D eigenvalue weighted by Crippen LogP contribution is 2.36. The predicted octanol–water partition coefficient (Wildman–Crippen LogP) is 3.49. The number of rotatable bonds is 6. The van der Waals surface area contributed by atoms with Crippen molar-refractivity contribution in [3.63, 3.8) is 0 Å². The van der Waals surface area contributed by atoms with Crippen molar-refractivity contribution in [3.05, 3.63) is 12.2 Å². The zero-order valence-corrected chi connectivity index (χ0v) is 15.9. The maximum absolute atomic E-state index is 12.5. The number of carbonyl (C=O) groups excluding carboxylic acids is 2. The smallest absolute Gasteiger partial charge is 0.434 e. The van der Waals surface area contributed by atoms with Crippen LogP contribution in [0.25, 0.3) is 0 Å². The molecule has 0 unspecified atom stereocenters. The van der Waals surface area contributed by atoms with Gasteiger partial charge in [0, 0.05) is 0 Å². The Hall–Kier alpha value is -1.98. The monoisotopic (exact) mass is 423 g/mol. The molecule has 0 saturated carbocycles. The zero-order chi connectivity index (χ0) is 22.7. The number of carbonyl (C=O) groups is 2. The van der Waals surface area contributed by atoms with E-state index in [1.54, 1.807) is 0 Å². The molecule has 2 N–H and O–H groups in total. The van der Waals surface area contributed by atoms with Crippen molar-refractivity contribution in [2.45, 2.75) is 70.8 Å². The van der Waals surface area contributed by atoms with E-state index in [-0.39, 0.29) is 0 Å². The minimum Gasteiger partial charge on any atom is -0.444 e. The van der Waals surface area contributed by atoms with Crippen LogP contribution in [0.4, 0.5) is 31.1 Å². The van der Waals surface area contributed by atoms with E-state index in [1.165, 1.54) is 34.6 Å². The first-order chi connectivity index (χ1) is 12.3. The summed E-state index contributed by atoms with van der Waals surface area (Å²) in [6.07, 6.45) is -19.2. The quantitative estimate of drug-likeness (QED) is 0.388. The normalized spacial score (nSPS) is 15.2. The van der Waals surface area contributed by atoms with Crippen molar-refractivity contribution in [1.82, 2.24) is 5.32 Å². The number of esters is 1. The van der Waals surface area contributed by atoms with E-state index >= 15 is 0 Å². The van der Waals surface area contributed by atoms with Crippen LogP contribution < -0.4 is 5.32 Å². The van der Waals surface area contributed by atoms with Gasteiger partial charge in [-0.2, -0.15) is 26.3 Å². The summed E-state index contributed by atoms with van der Waals surface area (Å²) < 4.78 is 83.4. The highest BCUT2D eigenvalue weighted by molar-refractivity contribution is 5.89. The van der Waals surface area contributed by atoms with Crippen LogP contribution in [0.1, 0.15) is 34.6 Å². The third-order valence-electron chi connectivity index (χ3n) is 3.18. The van der Waals surface area contributed by atoms with Gasteiger partial charge in [-0.25, -0.2) is 9.59 Å². The minimum absolute atomic E-state index is 0.604. The molecular formula is C16H23F6NO5. The van der Waals surface area contributed by atoms with E-state index in [0.29, 0.717) is 0 Å². The maximum atomic E-state index is 12.5. The first-order valence-corrected chi connectivity index (χ1v) is 7.98. The second kappa shape index (κ2) is 9.01. The Bertz CT molecular complexity index is 566. The van der Waals surface area contributed by atoms with Gasteiger partial charge >= 0.3 is 24.4 Å². The van der Waals surface area contributed by atoms with Gasteiger partial charge in [0.05, 0.1) is 11.6 Å². The molecule has 28 heavy (non-hydrogen) atoms. The number of hydrogen-bond acceptors (Lipinski definition) is 5. The van der Waals surface area contributed by atoms with Crippen LogP contribution in [0.3, 0.4) is 0 Å². The highest BCUT2D eigenvalue weighted by atomic mass is 19.4. The number of ether oxygens (including phenoxy) is 2. The van der Waals surface area contributed by atoms with Gasteiger partial charge in [0.15, 0.2) is 0 Å². The Balaban J connectivity index is 5.35. The Morgan fingerprint density at radius 3 is 1.75 bits per heavy atom. The molecule has 12 heteroatoms. The summed E-state index contributed by atoms with van der Waals surface area (Å²) in [6.45, 7) is 10.6. The predicted molar refractivity (Wildman–Crippen MR) is 85.1 cm³/mol. The van der Waals surface area contributed by atoms with Crippen LogP contribution in [0.15, 0.2) is 12.2 Å². The molecule has 164 valence electrons. The average molecular weight is 423 g/mol. The summed E-state index contributed by atoms with van der Waals surface area (Å²) in [7, 11) is 0. The fourth-order valence-electron chi connectivity index (χ4n) is 1.89. The summed E-state index contributed by atoms with van der Waals surface area (Å²) in [6, 6.07) is -1.30. The molecule has 0 aliphatic carbocycles. The zero-order valence-electron chi connectivity index (χ0n) is 15.9. The van der Waals surface area contributed by atoms with Gasteiger partial charge in [0.2, 0.25) is 0 Å². The van der Waals surface area contributed by atoms with Gasteiger partial charge in [-0.1, -0.05) is 20.4 Å². The van der Waals surface area contributed by atoms with Crippen LogP contribution >= 0.6 is 0 Å². The van der Waals surface area contributed by atoms with E-state index in [0.717, 1.165) is 0 Å². The number of aliphatic hydroxyl groups is 1. The maximum Gasteiger partial charge on any atom is 0.434 e. The van der Waals surface area contributed by atoms with Gasteiger partial charge in [0.25, 0.3) is 6.10 Å². The number of aliphatic hydroxyl groups excluding tert-OH is 1. The van der Waals surface area contributed by atoms with Gasteiger partial charge < -0.3 is 19.9 Å². The van der Waals surface area contributed by atoms with Crippen molar-refractivity contribution in [1.29, 1.82) is 0 Å². The lowest BCUT2D eigenvalue weighted by atomic mass is 9.94. The molecule has 0 radical (unpaired) electrons. The Kier molecular flexibility index (Phi) is 8.38. The van der Waals surface area contributed by atoms with Crippen LogP contribution in [-0.2, 0) is 14.3 Å². The first-order valence-electron chi connectivity index (χ1n) is 7.98. The fraction of sp³-hybridized carbons (Fsp3) is 0.750. The van der Waals surface area contributed by atoms with Crippen molar-refractivity contribution in [2.75, 3.05) is 0 Å². The summed E-state index contributed by atoms with van der Waals surface area (Å²) in [5.74, 6) is -2.71. The Morgan fingerprint density at radius 2 is 1.43 bits per heavy atom. The van der Waals surface area contributed by atoms with Crippen molar-refractivity contribution < 1.29 is 50.5 Å². The Morgan fingerprint density at radius 1 is 1.00 bits per heavy atom. The molecule has 2 atom stereocenters. The molecular weight excluding hydrogens is 400 g/mol. The number of nitrogens with one attached hydrogen (secondary N) is 1. The molecule has 0 aromatic rings. The molecule has 0 aromatic carbocycles. The second-order valence-electron chi connectivity index (χ2n) is 7.25. The van der Waals surface area contributed by atoms with Crippen molar-refractivity contribution >= 4 is 12.1 Å². The van der Waals surface area contributed by atoms with Gasteiger partial charge in [0.1, 0.15) is 11.7 Å². The van der Waals surface area contributed by atoms with E-state index in [2.05, 4.69) is 16.6 Å². The SMILES string of the molecule is C=C(C(=O)OC(C(F)(F)F)C(F)(F)F)[C@H](O)[C@@H](NC(=O)OC(C)(C)C)C(C)C. The summed E-state index contributed by atoms with van der Waals surface area (Å²) in [4.78, 5) is 23.5. The molecule has 0 bridgehead atoms. The van der Waals surface area contributed by atoms with Crippen LogP contribution in [0, 0.1) is 5.92 Å². The standard InChI is InChI=1S/C16H23F6NO5/c1-7(2)9(23-13(26)28-14(4,5)6)10(24)8(3)11(25)27-12(15(17,18)19)16(20,21)22/h7,9-10,12,24H,3H2,1-2,4-6H3,(H,23,26)/t9-,10-/m0/s1. The number of alkyl carbamates (subject to hydrolysis) is 1. The molecule has 6 nitrogen and oxygen atoms in total. The molecule has 1 amide bonds. The largest absolute Gasteiger partial charge is 0.444 e. The van der Waals surface area contributed by atoms with E-state index in [9.17, 15) is 41.0 Å². The van der Waals surface area contributed by atoms with Gasteiger partial charge in [-0.05, 0) is 26.7 Å². The molecule has 0 rings (SSSR count). The van der Waals surface area contributed by atoms with Crippen molar-refractivity contribution in [2.24, 2.45) is 5.92 Å². The third kappa shape index (κ3) is 8.36. The minimum atomic E-state index is -5.91. The Labute approximate surface area is 157 Å². The van der Waals surface area contributed by atoms with Crippen molar-refractivity contribution in [3.8, 4) is 0 Å². The molecule has 0 aliphatic rings. The number of halogens is 6. The molecule has 0 aliphatic heterocycles. The number of alkyl halides is 6. The summed E-state index contributed by atoms with van der Waals surface area (Å²) in [5, 5.41) is 12.3. The topological polar surface area (TPSA) is 84.9 Å². The van der Waals surface area contributed by atoms with E-state index < -0.39 is 59.8 Å². The fourth-order valence-corrected chi connectivity index (χ4v) is 1.89. The lowest BCUT2D eigenvalue weighted by Gasteiger charge is -2.30. The highest BCUT2D eigenvalue weighted by Gasteiger charge is 2.60. The van der Waals surface area contributed by atoms with E-state index in [4.69, 9.17) is 4.74 Å². The average Bonchev–Trinajstić information content (AvgIpc) is 2.44. The summed E-state index contributed by atoms with van der Waals surface area (Å²) in [5.41, 5.74) is -2.01.